The van der Waals surface area contributed by atoms with Crippen LogP contribution in [0.5, 0.6) is 0 Å². The Kier molecular flexibility index (Phi) is 3.59. The van der Waals surface area contributed by atoms with Crippen LogP contribution in [-0.2, 0) is 4.79 Å². The van der Waals surface area contributed by atoms with Gasteiger partial charge in [-0.3, -0.25) is 4.79 Å². The average Bonchev–Trinajstić information content (AvgIpc) is 2.75. The lowest BCUT2D eigenvalue weighted by Gasteiger charge is -2.11. The molecule has 0 unspecified atom stereocenters. The van der Waals surface area contributed by atoms with Crippen molar-refractivity contribution in [3.8, 4) is 0 Å². The van der Waals surface area contributed by atoms with Crippen LogP contribution in [0.25, 0.3) is 0 Å². The van der Waals surface area contributed by atoms with Crippen LogP contribution >= 0.6 is 15.9 Å². The van der Waals surface area contributed by atoms with Crippen molar-refractivity contribution in [3.05, 3.63) is 22.4 Å². The zero-order valence-corrected chi connectivity index (χ0v) is 10.9. The van der Waals surface area contributed by atoms with Gasteiger partial charge < -0.3 is 5.32 Å². The molecule has 0 atom stereocenters. The molecule has 0 spiro atoms. The Balaban J connectivity index is 2.05. The number of hydrogen-bond donors (Lipinski definition) is 1. The molecule has 0 bridgehead atoms. The second-order valence-electron chi connectivity index (χ2n) is 4.24. The monoisotopic (exact) mass is 282 g/mol. The number of aryl methyl sites for hydroxylation is 1. The molecule has 16 heavy (non-hydrogen) atoms. The van der Waals surface area contributed by atoms with Crippen molar-refractivity contribution >= 4 is 27.5 Å². The lowest BCUT2D eigenvalue weighted by molar-refractivity contribution is -0.119. The summed E-state index contributed by atoms with van der Waals surface area (Å²) in [5.41, 5.74) is 1.67. The summed E-state index contributed by atoms with van der Waals surface area (Å²) < 4.78 is 0.795. The van der Waals surface area contributed by atoms with Crippen molar-refractivity contribution in [2.75, 3.05) is 5.32 Å². The van der Waals surface area contributed by atoms with Crippen molar-refractivity contribution in [3.63, 3.8) is 0 Å². The number of aromatic nitrogens is 1. The van der Waals surface area contributed by atoms with Gasteiger partial charge >= 0.3 is 0 Å². The van der Waals surface area contributed by atoms with Gasteiger partial charge in [-0.2, -0.15) is 0 Å². The van der Waals surface area contributed by atoms with Gasteiger partial charge in [-0.1, -0.05) is 12.8 Å². The first-order valence-electron chi connectivity index (χ1n) is 5.61. The second kappa shape index (κ2) is 4.95. The third-order valence-corrected chi connectivity index (χ3v) is 3.48. The number of rotatable bonds is 2. The van der Waals surface area contributed by atoms with Gasteiger partial charge in [0.2, 0.25) is 5.91 Å². The van der Waals surface area contributed by atoms with E-state index in [1.165, 1.54) is 12.8 Å². The highest BCUT2D eigenvalue weighted by Gasteiger charge is 2.22. The smallest absolute Gasteiger partial charge is 0.227 e. The molecule has 0 radical (unpaired) electrons. The first-order chi connectivity index (χ1) is 7.66. The van der Waals surface area contributed by atoms with Crippen LogP contribution in [0.15, 0.2) is 16.7 Å². The molecule has 3 nitrogen and oxygen atoms in total. The third kappa shape index (κ3) is 2.61. The van der Waals surface area contributed by atoms with E-state index in [0.29, 0.717) is 0 Å². The van der Waals surface area contributed by atoms with Crippen LogP contribution < -0.4 is 5.32 Å². The summed E-state index contributed by atoms with van der Waals surface area (Å²) in [5, 5.41) is 2.96. The Labute approximate surface area is 104 Å². The van der Waals surface area contributed by atoms with Gasteiger partial charge in [0.05, 0.1) is 11.4 Å². The number of anilines is 1. The van der Waals surface area contributed by atoms with Crippen molar-refractivity contribution in [1.29, 1.82) is 0 Å². The van der Waals surface area contributed by atoms with Gasteiger partial charge in [0, 0.05) is 5.92 Å². The van der Waals surface area contributed by atoms with Gasteiger partial charge in [0.25, 0.3) is 0 Å². The fraction of sp³-hybridized carbons (Fsp3) is 0.500. The topological polar surface area (TPSA) is 42.0 Å². The molecular formula is C12H15BrN2O. The molecule has 1 aliphatic carbocycles. The first kappa shape index (κ1) is 11.6. The van der Waals surface area contributed by atoms with E-state index < -0.39 is 0 Å². The van der Waals surface area contributed by atoms with Crippen LogP contribution in [0.3, 0.4) is 0 Å². The van der Waals surface area contributed by atoms with E-state index in [1.807, 2.05) is 19.1 Å². The summed E-state index contributed by atoms with van der Waals surface area (Å²) in [5.74, 6) is 0.341. The molecule has 1 saturated carbocycles. The number of carbonyl (C=O) groups excluding carboxylic acids is 1. The molecular weight excluding hydrogens is 268 g/mol. The molecule has 1 aliphatic rings. The molecule has 4 heteroatoms. The first-order valence-corrected chi connectivity index (χ1v) is 6.40. The predicted octanol–water partition coefficient (Wildman–Crippen LogP) is 3.28. The van der Waals surface area contributed by atoms with E-state index in [0.717, 1.165) is 28.8 Å². The fourth-order valence-electron chi connectivity index (χ4n) is 2.09. The summed E-state index contributed by atoms with van der Waals surface area (Å²) in [4.78, 5) is 16.2. The minimum absolute atomic E-state index is 0.143. The van der Waals surface area contributed by atoms with E-state index in [4.69, 9.17) is 0 Å². The molecule has 1 heterocycles. The van der Waals surface area contributed by atoms with E-state index in [2.05, 4.69) is 26.2 Å². The van der Waals surface area contributed by atoms with Gasteiger partial charge in [-0.15, -0.1) is 0 Å². The molecule has 0 aromatic carbocycles. The van der Waals surface area contributed by atoms with Crippen molar-refractivity contribution < 1.29 is 4.79 Å². The number of carbonyl (C=O) groups is 1. The highest BCUT2D eigenvalue weighted by Crippen LogP contribution is 2.26. The maximum Gasteiger partial charge on any atom is 0.227 e. The highest BCUT2D eigenvalue weighted by atomic mass is 79.9. The van der Waals surface area contributed by atoms with E-state index in [1.54, 1.807) is 0 Å². The summed E-state index contributed by atoms with van der Waals surface area (Å²) in [6.45, 7) is 1.90. The molecule has 0 aliphatic heterocycles. The Morgan fingerprint density at radius 1 is 1.44 bits per heavy atom. The normalized spacial score (nSPS) is 16.4. The maximum absolute atomic E-state index is 11.9. The minimum atomic E-state index is 0.143. The number of pyridine rings is 1. The zero-order valence-electron chi connectivity index (χ0n) is 9.29. The number of amides is 1. The second-order valence-corrected chi connectivity index (χ2v) is 5.05. The molecule has 0 saturated heterocycles. The molecule has 2 rings (SSSR count). The maximum atomic E-state index is 11.9. The summed E-state index contributed by atoms with van der Waals surface area (Å²) in [6, 6.07) is 3.73. The lowest BCUT2D eigenvalue weighted by atomic mass is 10.1. The highest BCUT2D eigenvalue weighted by molar-refractivity contribution is 9.10. The fourth-order valence-corrected chi connectivity index (χ4v) is 2.48. The van der Waals surface area contributed by atoms with Crippen LogP contribution in [0.4, 0.5) is 5.69 Å². The summed E-state index contributed by atoms with van der Waals surface area (Å²) >= 11 is 3.30. The predicted molar refractivity (Wildman–Crippen MR) is 67.3 cm³/mol. The Bertz CT molecular complexity index is 400. The van der Waals surface area contributed by atoms with Gasteiger partial charge in [0.1, 0.15) is 4.60 Å². The van der Waals surface area contributed by atoms with Gasteiger partial charge in [-0.05, 0) is 47.8 Å². The number of hydrogen-bond acceptors (Lipinski definition) is 2. The van der Waals surface area contributed by atoms with Crippen LogP contribution in [0.2, 0.25) is 0 Å². The van der Waals surface area contributed by atoms with Crippen molar-refractivity contribution in [2.24, 2.45) is 5.92 Å². The molecule has 1 N–H and O–H groups in total. The van der Waals surface area contributed by atoms with Gasteiger partial charge in [-0.25, -0.2) is 4.98 Å². The standard InChI is InChI=1S/C12H15BrN2O/c1-8-10(6-7-11(13)14-8)15-12(16)9-4-2-3-5-9/h6-7,9H,2-5H2,1H3,(H,15,16). The average molecular weight is 283 g/mol. The van der Waals surface area contributed by atoms with E-state index in [-0.39, 0.29) is 11.8 Å². The molecule has 1 aromatic rings. The summed E-state index contributed by atoms with van der Waals surface area (Å²) in [6.07, 6.45) is 4.40. The van der Waals surface area contributed by atoms with Crippen LogP contribution in [0.1, 0.15) is 31.4 Å². The number of nitrogens with zero attached hydrogens (tertiary/aromatic N) is 1. The van der Waals surface area contributed by atoms with Crippen molar-refractivity contribution in [1.82, 2.24) is 4.98 Å². The van der Waals surface area contributed by atoms with Crippen molar-refractivity contribution in [2.45, 2.75) is 32.6 Å². The summed E-state index contributed by atoms with van der Waals surface area (Å²) in [7, 11) is 0. The lowest BCUT2D eigenvalue weighted by Crippen LogP contribution is -2.20. The van der Waals surface area contributed by atoms with E-state index >= 15 is 0 Å². The molecule has 1 fully saturated rings. The zero-order chi connectivity index (χ0) is 11.5. The number of nitrogens with one attached hydrogen (secondary N) is 1. The molecule has 1 amide bonds. The quantitative estimate of drug-likeness (QED) is 0.846. The van der Waals surface area contributed by atoms with Crippen LogP contribution in [-0.4, -0.2) is 10.9 Å². The van der Waals surface area contributed by atoms with E-state index in [9.17, 15) is 4.79 Å². The van der Waals surface area contributed by atoms with Gasteiger partial charge in [0.15, 0.2) is 0 Å². The largest absolute Gasteiger partial charge is 0.324 e. The Hall–Kier alpha value is -0.900. The van der Waals surface area contributed by atoms with Crippen LogP contribution in [0, 0.1) is 12.8 Å². The SMILES string of the molecule is Cc1nc(Br)ccc1NC(=O)C1CCCC1. The third-order valence-electron chi connectivity index (χ3n) is 3.04. The minimum Gasteiger partial charge on any atom is -0.324 e. The Morgan fingerprint density at radius 3 is 2.75 bits per heavy atom. The Morgan fingerprint density at radius 2 is 2.12 bits per heavy atom. The molecule has 86 valence electrons. The molecule has 1 aromatic heterocycles. The number of halogens is 1.